The molecule has 0 bridgehead atoms. The first kappa shape index (κ1) is 5.94. The molecule has 9 heavy (non-hydrogen) atoms. The molecule has 0 aromatic carbocycles. The normalized spacial score (nSPS) is 9.44. The van der Waals surface area contributed by atoms with Crippen LogP contribution in [0, 0.1) is 0 Å². The highest BCUT2D eigenvalue weighted by molar-refractivity contribution is 5.01. The van der Waals surface area contributed by atoms with Crippen LogP contribution in [0.5, 0.6) is 5.88 Å². The Morgan fingerprint density at radius 1 is 1.89 bits per heavy atom. The van der Waals surface area contributed by atoms with Gasteiger partial charge in [0.2, 0.25) is 5.88 Å². The maximum Gasteiger partial charge on any atom is 0.361 e. The van der Waals surface area contributed by atoms with Gasteiger partial charge in [-0.1, -0.05) is 0 Å². The Morgan fingerprint density at radius 2 is 2.67 bits per heavy atom. The third-order valence-corrected chi connectivity index (χ3v) is 0.801. The molecular formula is C5H7NO3. The maximum absolute atomic E-state index is 10.3. The summed E-state index contributed by atoms with van der Waals surface area (Å²) in [4.78, 5) is 10.3. The smallest absolute Gasteiger partial charge is 0.361 e. The highest BCUT2D eigenvalue weighted by Crippen LogP contribution is 1.98. The molecule has 0 aliphatic rings. The number of aromatic amines is 1. The van der Waals surface area contributed by atoms with Gasteiger partial charge in [0.05, 0.1) is 12.7 Å². The zero-order valence-corrected chi connectivity index (χ0v) is 5.01. The van der Waals surface area contributed by atoms with Crippen molar-refractivity contribution in [3.8, 4) is 5.88 Å². The number of aromatic nitrogens is 1. The monoisotopic (exact) mass is 129 g/mol. The largest absolute Gasteiger partial charge is 0.477 e. The van der Waals surface area contributed by atoms with Crippen molar-refractivity contribution in [3.63, 3.8) is 0 Å². The maximum atomic E-state index is 10.3. The van der Waals surface area contributed by atoms with Gasteiger partial charge in [-0.2, -0.15) is 5.16 Å². The van der Waals surface area contributed by atoms with Gasteiger partial charge in [0.25, 0.3) is 0 Å². The van der Waals surface area contributed by atoms with Gasteiger partial charge >= 0.3 is 5.63 Å². The molecule has 50 valence electrons. The van der Waals surface area contributed by atoms with Crippen LogP contribution in [0.1, 0.15) is 6.92 Å². The lowest BCUT2D eigenvalue weighted by atomic mass is 10.7. The molecule has 0 aliphatic heterocycles. The van der Waals surface area contributed by atoms with Gasteiger partial charge in [0, 0.05) is 0 Å². The van der Waals surface area contributed by atoms with Crippen LogP contribution in [0.15, 0.2) is 15.4 Å². The zero-order chi connectivity index (χ0) is 6.69. The molecule has 0 radical (unpaired) electrons. The number of rotatable bonds is 2. The molecule has 4 heteroatoms. The molecule has 1 aromatic rings. The van der Waals surface area contributed by atoms with Crippen LogP contribution in [0.25, 0.3) is 0 Å². The van der Waals surface area contributed by atoms with Gasteiger partial charge in [-0.05, 0) is 6.92 Å². The van der Waals surface area contributed by atoms with Crippen LogP contribution in [0.3, 0.4) is 0 Å². The molecule has 0 atom stereocenters. The summed E-state index contributed by atoms with van der Waals surface area (Å²) in [7, 11) is 0. The van der Waals surface area contributed by atoms with Crippen molar-refractivity contribution >= 4 is 0 Å². The third kappa shape index (κ3) is 1.35. The predicted molar refractivity (Wildman–Crippen MR) is 30.5 cm³/mol. The van der Waals surface area contributed by atoms with Crippen LogP contribution in [0.4, 0.5) is 0 Å². The van der Waals surface area contributed by atoms with E-state index < -0.39 is 5.63 Å². The van der Waals surface area contributed by atoms with Crippen molar-refractivity contribution in [2.75, 3.05) is 6.61 Å². The first-order chi connectivity index (χ1) is 4.33. The molecule has 0 fully saturated rings. The molecule has 1 aromatic heterocycles. The first-order valence-corrected chi connectivity index (χ1v) is 2.64. The van der Waals surface area contributed by atoms with E-state index in [0.717, 1.165) is 0 Å². The molecule has 1 rings (SSSR count). The lowest BCUT2D eigenvalue weighted by Gasteiger charge is -1.92. The Morgan fingerprint density at radius 3 is 3.11 bits per heavy atom. The molecule has 1 heterocycles. The average molecular weight is 129 g/mol. The van der Waals surface area contributed by atoms with E-state index in [2.05, 4.69) is 9.68 Å². The third-order valence-electron chi connectivity index (χ3n) is 0.801. The second-order valence-electron chi connectivity index (χ2n) is 1.46. The summed E-state index contributed by atoms with van der Waals surface area (Å²) in [5.41, 5.74) is -0.418. The summed E-state index contributed by atoms with van der Waals surface area (Å²) in [6, 6.07) is 1.25. The van der Waals surface area contributed by atoms with E-state index >= 15 is 0 Å². The lowest BCUT2D eigenvalue weighted by Crippen LogP contribution is -1.91. The highest BCUT2D eigenvalue weighted by atomic mass is 16.5. The molecule has 4 nitrogen and oxygen atoms in total. The Labute approximate surface area is 51.4 Å². The van der Waals surface area contributed by atoms with Crippen molar-refractivity contribution in [3.05, 3.63) is 16.5 Å². The second-order valence-corrected chi connectivity index (χ2v) is 1.46. The standard InChI is InChI=1S/C5H7NO3/c1-2-8-4-3-5(7)9-6-4/h3,6H,2H2,1H3. The summed E-state index contributed by atoms with van der Waals surface area (Å²) in [5, 5.41) is 2.30. The van der Waals surface area contributed by atoms with Crippen LogP contribution in [0.2, 0.25) is 0 Å². The van der Waals surface area contributed by atoms with Gasteiger partial charge in [-0.15, -0.1) is 0 Å². The molecule has 0 aliphatic carbocycles. The van der Waals surface area contributed by atoms with E-state index in [9.17, 15) is 4.79 Å². The minimum absolute atomic E-state index is 0.377. The van der Waals surface area contributed by atoms with Gasteiger partial charge in [0.15, 0.2) is 0 Å². The zero-order valence-electron chi connectivity index (χ0n) is 5.01. The van der Waals surface area contributed by atoms with E-state index in [4.69, 9.17) is 4.74 Å². The number of hydrogen-bond donors (Lipinski definition) is 1. The summed E-state index contributed by atoms with van der Waals surface area (Å²) in [6.07, 6.45) is 0. The first-order valence-electron chi connectivity index (χ1n) is 2.64. The fourth-order valence-corrected chi connectivity index (χ4v) is 0.493. The van der Waals surface area contributed by atoms with Gasteiger partial charge in [-0.25, -0.2) is 4.79 Å². The van der Waals surface area contributed by atoms with Crippen LogP contribution < -0.4 is 10.4 Å². The van der Waals surface area contributed by atoms with E-state index in [1.54, 1.807) is 0 Å². The minimum Gasteiger partial charge on any atom is -0.477 e. The Hall–Kier alpha value is -1.19. The Kier molecular flexibility index (Phi) is 1.58. The quantitative estimate of drug-likeness (QED) is 0.627. The van der Waals surface area contributed by atoms with Crippen molar-refractivity contribution in [1.82, 2.24) is 5.16 Å². The fraction of sp³-hybridized carbons (Fsp3) is 0.400. The summed E-state index contributed by atoms with van der Waals surface area (Å²) < 4.78 is 9.19. The molecule has 0 amide bonds. The van der Waals surface area contributed by atoms with E-state index in [1.165, 1.54) is 6.07 Å². The minimum atomic E-state index is -0.418. The number of nitrogens with one attached hydrogen (secondary N) is 1. The van der Waals surface area contributed by atoms with E-state index in [1.807, 2.05) is 6.92 Å². The molecule has 0 saturated heterocycles. The van der Waals surface area contributed by atoms with E-state index in [0.29, 0.717) is 12.5 Å². The van der Waals surface area contributed by atoms with Crippen LogP contribution in [-0.2, 0) is 0 Å². The van der Waals surface area contributed by atoms with Crippen molar-refractivity contribution in [2.24, 2.45) is 0 Å². The fourth-order valence-electron chi connectivity index (χ4n) is 0.493. The Balaban J connectivity index is 2.73. The summed E-state index contributed by atoms with van der Waals surface area (Å²) in [6.45, 7) is 2.35. The van der Waals surface area contributed by atoms with Crippen molar-refractivity contribution in [2.45, 2.75) is 6.92 Å². The number of H-pyrrole nitrogens is 1. The van der Waals surface area contributed by atoms with Crippen LogP contribution >= 0.6 is 0 Å². The molecule has 1 N–H and O–H groups in total. The SMILES string of the molecule is CCOc1cc(=O)o[nH]1. The molecular weight excluding hydrogens is 122 g/mol. The average Bonchev–Trinajstić information content (AvgIpc) is 2.17. The highest BCUT2D eigenvalue weighted by Gasteiger charge is 1.94. The second kappa shape index (κ2) is 2.39. The van der Waals surface area contributed by atoms with E-state index in [-0.39, 0.29) is 0 Å². The molecule has 0 unspecified atom stereocenters. The number of hydrogen-bond acceptors (Lipinski definition) is 3. The Bertz CT molecular complexity index is 224. The predicted octanol–water partition coefficient (Wildman–Crippen LogP) is 0.367. The van der Waals surface area contributed by atoms with Gasteiger partial charge < -0.3 is 9.26 Å². The summed E-state index contributed by atoms with van der Waals surface area (Å²) >= 11 is 0. The van der Waals surface area contributed by atoms with Crippen molar-refractivity contribution in [1.29, 1.82) is 0 Å². The van der Waals surface area contributed by atoms with Crippen LogP contribution in [-0.4, -0.2) is 11.8 Å². The topological polar surface area (TPSA) is 55.2 Å². The number of ether oxygens (including phenoxy) is 1. The van der Waals surface area contributed by atoms with Gasteiger partial charge in [-0.3, -0.25) is 0 Å². The lowest BCUT2D eigenvalue weighted by molar-refractivity contribution is 0.290. The molecule has 0 saturated carbocycles. The van der Waals surface area contributed by atoms with Gasteiger partial charge in [0.1, 0.15) is 0 Å². The molecule has 0 spiro atoms. The summed E-state index contributed by atoms with van der Waals surface area (Å²) in [5.74, 6) is 0.377. The van der Waals surface area contributed by atoms with Crippen molar-refractivity contribution < 1.29 is 9.26 Å².